The van der Waals surface area contributed by atoms with Crippen LogP contribution in [0, 0.1) is 0 Å². The Morgan fingerprint density at radius 1 is 1.14 bits per heavy atom. The van der Waals surface area contributed by atoms with Gasteiger partial charge in [-0.1, -0.05) is 0 Å². The molecule has 0 heterocycles. The zero-order chi connectivity index (χ0) is 17.1. The van der Waals surface area contributed by atoms with Crippen LogP contribution in [0.3, 0.4) is 0 Å². The lowest BCUT2D eigenvalue weighted by Crippen LogP contribution is -2.61. The molecule has 0 radical (unpaired) electrons. The van der Waals surface area contributed by atoms with E-state index in [0.717, 1.165) is 0 Å². The molecule has 22 heavy (non-hydrogen) atoms. The van der Waals surface area contributed by atoms with Gasteiger partial charge in [0.25, 0.3) is 0 Å². The minimum absolute atomic E-state index is 0.0169. The van der Waals surface area contributed by atoms with Crippen molar-refractivity contribution in [2.45, 2.75) is 18.1 Å². The number of hydrogen-bond acceptors (Lipinski definition) is 5. The fourth-order valence-electron chi connectivity index (χ4n) is 1.86. The molecule has 0 aliphatic rings. The predicted octanol–water partition coefficient (Wildman–Crippen LogP) is 1.60. The highest BCUT2D eigenvalue weighted by Gasteiger charge is 2.58. The molecule has 124 valence electrons. The third kappa shape index (κ3) is 3.19. The smallest absolute Gasteiger partial charge is 0.417 e. The van der Waals surface area contributed by atoms with E-state index in [2.05, 4.69) is 0 Å². The second kappa shape index (κ2) is 6.30. The summed E-state index contributed by atoms with van der Waals surface area (Å²) in [5, 5.41) is 8.85. The molecule has 1 aromatic carbocycles. The molecule has 0 amide bonds. The van der Waals surface area contributed by atoms with Crippen molar-refractivity contribution in [1.29, 1.82) is 0 Å². The van der Waals surface area contributed by atoms with Gasteiger partial charge in [0.2, 0.25) is 11.3 Å². The van der Waals surface area contributed by atoms with Crippen LogP contribution in [0.5, 0.6) is 17.2 Å². The van der Waals surface area contributed by atoms with E-state index in [9.17, 15) is 18.0 Å². The molecule has 1 rings (SSSR count). The Kier molecular flexibility index (Phi) is 5.13. The predicted molar refractivity (Wildman–Crippen MR) is 70.4 cm³/mol. The Bertz CT molecular complexity index is 536. The van der Waals surface area contributed by atoms with Gasteiger partial charge in [0.1, 0.15) is 0 Å². The molecule has 0 bridgehead atoms. The maximum Gasteiger partial charge on any atom is 0.417 e. The monoisotopic (exact) mass is 323 g/mol. The van der Waals surface area contributed by atoms with Gasteiger partial charge < -0.3 is 25.1 Å². The maximum atomic E-state index is 13.0. The third-order valence-corrected chi connectivity index (χ3v) is 3.09. The van der Waals surface area contributed by atoms with E-state index in [1.54, 1.807) is 0 Å². The van der Waals surface area contributed by atoms with Crippen molar-refractivity contribution >= 4 is 5.97 Å². The van der Waals surface area contributed by atoms with Gasteiger partial charge in [-0.05, 0) is 17.7 Å². The minimum atomic E-state index is -5.13. The summed E-state index contributed by atoms with van der Waals surface area (Å²) in [5.41, 5.74) is 1.63. The van der Waals surface area contributed by atoms with Crippen molar-refractivity contribution in [3.8, 4) is 17.2 Å². The number of nitrogens with two attached hydrogens (primary N) is 1. The first kappa shape index (κ1) is 17.9. The van der Waals surface area contributed by atoms with E-state index in [1.807, 2.05) is 0 Å². The number of aliphatic carboxylic acids is 1. The Morgan fingerprint density at radius 2 is 1.59 bits per heavy atom. The van der Waals surface area contributed by atoms with Gasteiger partial charge in [-0.25, -0.2) is 4.79 Å². The molecule has 1 atom stereocenters. The molecule has 0 saturated carbocycles. The average molecular weight is 323 g/mol. The number of alkyl halides is 3. The summed E-state index contributed by atoms with van der Waals surface area (Å²) in [6.07, 6.45) is -6.11. The molecule has 1 unspecified atom stereocenters. The van der Waals surface area contributed by atoms with Crippen LogP contribution in [0.25, 0.3) is 0 Å². The highest BCUT2D eigenvalue weighted by Crippen LogP contribution is 2.40. The molecule has 3 N–H and O–H groups in total. The van der Waals surface area contributed by atoms with Crippen molar-refractivity contribution in [2.24, 2.45) is 5.73 Å². The van der Waals surface area contributed by atoms with Gasteiger partial charge in [-0.3, -0.25) is 0 Å². The number of ether oxygens (including phenoxy) is 3. The second-order valence-electron chi connectivity index (χ2n) is 4.48. The Hall–Kier alpha value is -2.16. The SMILES string of the molecule is COc1cc(CC(N)(C(=O)O)C(F)(F)F)cc(OC)c1OC. The molecular formula is C13H16F3NO5. The summed E-state index contributed by atoms with van der Waals surface area (Å²) in [7, 11) is 3.91. The molecule has 1 aromatic rings. The quantitative estimate of drug-likeness (QED) is 0.826. The molecular weight excluding hydrogens is 307 g/mol. The van der Waals surface area contributed by atoms with Gasteiger partial charge >= 0.3 is 12.1 Å². The van der Waals surface area contributed by atoms with E-state index in [1.165, 1.54) is 33.5 Å². The summed E-state index contributed by atoms with van der Waals surface area (Å²) >= 11 is 0. The summed E-state index contributed by atoms with van der Waals surface area (Å²) in [5.74, 6) is -1.79. The molecule has 0 aromatic heterocycles. The van der Waals surface area contributed by atoms with Gasteiger partial charge in [0.15, 0.2) is 11.5 Å². The summed E-state index contributed by atoms with van der Waals surface area (Å²) in [4.78, 5) is 11.0. The second-order valence-corrected chi connectivity index (χ2v) is 4.48. The van der Waals surface area contributed by atoms with Crippen molar-refractivity contribution in [3.05, 3.63) is 17.7 Å². The number of methoxy groups -OCH3 is 3. The van der Waals surface area contributed by atoms with Crippen molar-refractivity contribution < 1.29 is 37.3 Å². The van der Waals surface area contributed by atoms with E-state index in [-0.39, 0.29) is 22.8 Å². The van der Waals surface area contributed by atoms with E-state index < -0.39 is 24.1 Å². The third-order valence-electron chi connectivity index (χ3n) is 3.09. The van der Waals surface area contributed by atoms with Crippen LogP contribution in [-0.2, 0) is 11.2 Å². The molecule has 0 aliphatic heterocycles. The summed E-state index contributed by atoms with van der Waals surface area (Å²) in [6.45, 7) is 0. The van der Waals surface area contributed by atoms with E-state index in [4.69, 9.17) is 25.1 Å². The molecule has 0 aliphatic carbocycles. The zero-order valence-electron chi connectivity index (χ0n) is 12.2. The minimum Gasteiger partial charge on any atom is -0.493 e. The molecule has 0 spiro atoms. The number of benzene rings is 1. The van der Waals surface area contributed by atoms with Gasteiger partial charge in [-0.2, -0.15) is 13.2 Å². The summed E-state index contributed by atoms with van der Waals surface area (Å²) < 4.78 is 53.9. The number of carbonyl (C=O) groups is 1. The van der Waals surface area contributed by atoms with Crippen LogP contribution in [0.2, 0.25) is 0 Å². The van der Waals surface area contributed by atoms with Gasteiger partial charge in [0, 0.05) is 6.42 Å². The number of hydrogen-bond donors (Lipinski definition) is 2. The van der Waals surface area contributed by atoms with Crippen LogP contribution in [-0.4, -0.2) is 44.1 Å². The lowest BCUT2D eigenvalue weighted by Gasteiger charge is -2.27. The van der Waals surface area contributed by atoms with Crippen LogP contribution < -0.4 is 19.9 Å². The first-order valence-corrected chi connectivity index (χ1v) is 5.98. The van der Waals surface area contributed by atoms with Crippen LogP contribution in [0.15, 0.2) is 12.1 Å². The molecule has 0 fully saturated rings. The first-order valence-electron chi connectivity index (χ1n) is 5.98. The highest BCUT2D eigenvalue weighted by atomic mass is 19.4. The Morgan fingerprint density at radius 3 is 1.86 bits per heavy atom. The standard InChI is InChI=1S/C13H16F3NO5/c1-20-8-4-7(5-9(21-2)10(8)22-3)6-12(17,11(18)19)13(14,15)16/h4-5H,6,17H2,1-3H3,(H,18,19). The topological polar surface area (TPSA) is 91.0 Å². The van der Waals surface area contributed by atoms with Gasteiger partial charge in [0.05, 0.1) is 21.3 Å². The number of rotatable bonds is 6. The van der Waals surface area contributed by atoms with Crippen LogP contribution in [0.1, 0.15) is 5.56 Å². The van der Waals surface area contributed by atoms with Crippen molar-refractivity contribution in [3.63, 3.8) is 0 Å². The largest absolute Gasteiger partial charge is 0.493 e. The summed E-state index contributed by atoms with van der Waals surface area (Å²) in [6, 6.07) is 2.44. The van der Waals surface area contributed by atoms with Crippen molar-refractivity contribution in [1.82, 2.24) is 0 Å². The fraction of sp³-hybridized carbons (Fsp3) is 0.462. The highest BCUT2D eigenvalue weighted by molar-refractivity contribution is 5.80. The Balaban J connectivity index is 3.36. The maximum absolute atomic E-state index is 13.0. The molecule has 0 saturated heterocycles. The molecule has 9 heteroatoms. The first-order chi connectivity index (χ1) is 10.1. The zero-order valence-corrected chi connectivity index (χ0v) is 12.2. The molecule has 6 nitrogen and oxygen atoms in total. The number of carboxylic acids is 1. The van der Waals surface area contributed by atoms with E-state index in [0.29, 0.717) is 0 Å². The van der Waals surface area contributed by atoms with E-state index >= 15 is 0 Å². The normalized spacial score (nSPS) is 14.1. The van der Waals surface area contributed by atoms with Crippen LogP contribution in [0.4, 0.5) is 13.2 Å². The van der Waals surface area contributed by atoms with Crippen molar-refractivity contribution in [2.75, 3.05) is 21.3 Å². The fourth-order valence-corrected chi connectivity index (χ4v) is 1.86. The van der Waals surface area contributed by atoms with Gasteiger partial charge in [-0.15, -0.1) is 0 Å². The average Bonchev–Trinajstić information content (AvgIpc) is 2.44. The number of halogens is 3. The number of carboxylic acid groups (broad SMARTS) is 1. The Labute approximate surface area is 124 Å². The lowest BCUT2D eigenvalue weighted by atomic mass is 9.91. The van der Waals surface area contributed by atoms with Crippen LogP contribution >= 0.6 is 0 Å². The lowest BCUT2D eigenvalue weighted by molar-refractivity contribution is -0.201.